The molecule has 0 aliphatic heterocycles. The molecule has 1 aromatic carbocycles. The first-order valence-electron chi connectivity index (χ1n) is 7.67. The Morgan fingerprint density at radius 3 is 3.00 bits per heavy atom. The van der Waals surface area contributed by atoms with E-state index < -0.39 is 6.10 Å². The molecule has 0 fully saturated rings. The summed E-state index contributed by atoms with van der Waals surface area (Å²) in [7, 11) is 1.57. The lowest BCUT2D eigenvalue weighted by Crippen LogP contribution is -2.29. The minimum atomic E-state index is -0.787. The second kappa shape index (κ2) is 7.14. The number of aromatic nitrogens is 2. The topological polar surface area (TPSA) is 75.9 Å². The summed E-state index contributed by atoms with van der Waals surface area (Å²) in [6, 6.07) is 12.8. The summed E-state index contributed by atoms with van der Waals surface area (Å²) < 4.78 is 7.00. The summed E-state index contributed by atoms with van der Waals surface area (Å²) in [5.74, 6) is 0.489. The number of nitrogens with zero attached hydrogens (tertiary/aromatic N) is 2. The number of aliphatic hydroxyl groups is 1. The molecule has 0 saturated carbocycles. The summed E-state index contributed by atoms with van der Waals surface area (Å²) in [6.07, 6.45) is 3.10. The average molecular weight is 325 g/mol. The van der Waals surface area contributed by atoms with Gasteiger partial charge in [-0.3, -0.25) is 4.79 Å². The fraction of sp³-hybridized carbons (Fsp3) is 0.222. The number of fused-ring (bicyclic) bond motifs is 1. The highest BCUT2D eigenvalue weighted by molar-refractivity contribution is 5.78. The van der Waals surface area contributed by atoms with Crippen molar-refractivity contribution in [2.75, 3.05) is 13.7 Å². The van der Waals surface area contributed by atoms with Crippen LogP contribution in [-0.2, 0) is 11.2 Å². The predicted octanol–water partition coefficient (Wildman–Crippen LogP) is 1.74. The SMILES string of the molecule is COc1cccc(C(O)CNC(=O)Cc2cn3ccccc3n2)c1. The van der Waals surface area contributed by atoms with Crippen LogP contribution in [0.4, 0.5) is 0 Å². The summed E-state index contributed by atoms with van der Waals surface area (Å²) in [4.78, 5) is 16.4. The van der Waals surface area contributed by atoms with Gasteiger partial charge >= 0.3 is 0 Å². The second-order valence-corrected chi connectivity index (χ2v) is 5.47. The first kappa shape index (κ1) is 16.0. The van der Waals surface area contributed by atoms with Gasteiger partial charge < -0.3 is 19.6 Å². The highest BCUT2D eigenvalue weighted by Gasteiger charge is 2.12. The molecule has 6 heteroatoms. The zero-order chi connectivity index (χ0) is 16.9. The molecule has 2 N–H and O–H groups in total. The van der Waals surface area contributed by atoms with Crippen LogP contribution >= 0.6 is 0 Å². The van der Waals surface area contributed by atoms with E-state index >= 15 is 0 Å². The lowest BCUT2D eigenvalue weighted by atomic mass is 10.1. The van der Waals surface area contributed by atoms with Crippen LogP contribution in [0.1, 0.15) is 17.4 Å². The van der Waals surface area contributed by atoms with Gasteiger partial charge in [0, 0.05) is 18.9 Å². The van der Waals surface area contributed by atoms with Crippen LogP contribution in [0.15, 0.2) is 54.9 Å². The molecular weight excluding hydrogens is 306 g/mol. The van der Waals surface area contributed by atoms with E-state index in [1.54, 1.807) is 31.4 Å². The highest BCUT2D eigenvalue weighted by atomic mass is 16.5. The first-order chi connectivity index (χ1) is 11.7. The number of rotatable bonds is 6. The molecule has 3 rings (SSSR count). The molecule has 0 radical (unpaired) electrons. The molecule has 0 spiro atoms. The van der Waals surface area contributed by atoms with Gasteiger partial charge in [0.15, 0.2) is 0 Å². The summed E-state index contributed by atoms with van der Waals surface area (Å²) in [5, 5.41) is 12.9. The molecule has 24 heavy (non-hydrogen) atoms. The van der Waals surface area contributed by atoms with Crippen molar-refractivity contribution in [3.8, 4) is 5.75 Å². The Morgan fingerprint density at radius 1 is 1.33 bits per heavy atom. The van der Waals surface area contributed by atoms with Crippen molar-refractivity contribution in [2.24, 2.45) is 0 Å². The maximum absolute atomic E-state index is 12.1. The third-order valence-electron chi connectivity index (χ3n) is 3.73. The van der Waals surface area contributed by atoms with Gasteiger partial charge in [-0.2, -0.15) is 0 Å². The molecule has 1 atom stereocenters. The molecule has 2 aromatic heterocycles. The van der Waals surface area contributed by atoms with Crippen LogP contribution < -0.4 is 10.1 Å². The van der Waals surface area contributed by atoms with E-state index in [2.05, 4.69) is 10.3 Å². The van der Waals surface area contributed by atoms with Crippen LogP contribution in [0.3, 0.4) is 0 Å². The average Bonchev–Trinajstić information content (AvgIpc) is 3.01. The molecule has 3 aromatic rings. The van der Waals surface area contributed by atoms with E-state index in [-0.39, 0.29) is 18.9 Å². The minimum Gasteiger partial charge on any atom is -0.497 e. The van der Waals surface area contributed by atoms with Gasteiger partial charge in [-0.15, -0.1) is 0 Å². The van der Waals surface area contributed by atoms with Crippen molar-refractivity contribution in [2.45, 2.75) is 12.5 Å². The smallest absolute Gasteiger partial charge is 0.226 e. The molecule has 0 aliphatic carbocycles. The number of aliphatic hydroxyl groups excluding tert-OH is 1. The minimum absolute atomic E-state index is 0.138. The van der Waals surface area contributed by atoms with Crippen LogP contribution in [0.2, 0.25) is 0 Å². The van der Waals surface area contributed by atoms with Gasteiger partial charge in [-0.25, -0.2) is 4.98 Å². The molecule has 1 unspecified atom stereocenters. The summed E-state index contributed by atoms with van der Waals surface area (Å²) >= 11 is 0. The van der Waals surface area contributed by atoms with E-state index in [1.165, 1.54) is 0 Å². The molecule has 124 valence electrons. The monoisotopic (exact) mass is 325 g/mol. The number of pyridine rings is 1. The Bertz CT molecular complexity index is 811. The van der Waals surface area contributed by atoms with E-state index in [4.69, 9.17) is 4.74 Å². The van der Waals surface area contributed by atoms with E-state index in [9.17, 15) is 9.90 Å². The molecule has 0 saturated heterocycles. The maximum atomic E-state index is 12.1. The largest absolute Gasteiger partial charge is 0.497 e. The van der Waals surface area contributed by atoms with Gasteiger partial charge in [0.1, 0.15) is 11.4 Å². The zero-order valence-electron chi connectivity index (χ0n) is 13.3. The van der Waals surface area contributed by atoms with E-state index in [1.807, 2.05) is 35.0 Å². The number of ether oxygens (including phenoxy) is 1. The molecule has 0 aliphatic rings. The van der Waals surface area contributed by atoms with E-state index in [0.717, 1.165) is 5.65 Å². The van der Waals surface area contributed by atoms with Gasteiger partial charge in [-0.1, -0.05) is 18.2 Å². The molecular formula is C18H19N3O3. The standard InChI is InChI=1S/C18H19N3O3/c1-24-15-6-4-5-13(9-15)16(22)11-19-18(23)10-14-12-21-8-3-2-7-17(21)20-14/h2-9,12,16,22H,10-11H2,1H3,(H,19,23). The van der Waals surface area contributed by atoms with Gasteiger partial charge in [0.2, 0.25) is 5.91 Å². The number of methoxy groups -OCH3 is 1. The Balaban J connectivity index is 1.56. The van der Waals surface area contributed by atoms with Gasteiger partial charge in [0.25, 0.3) is 0 Å². The second-order valence-electron chi connectivity index (χ2n) is 5.47. The van der Waals surface area contributed by atoms with Crippen molar-refractivity contribution in [1.82, 2.24) is 14.7 Å². The number of imidazole rings is 1. The quantitative estimate of drug-likeness (QED) is 0.724. The van der Waals surface area contributed by atoms with Crippen molar-refractivity contribution in [1.29, 1.82) is 0 Å². The highest BCUT2D eigenvalue weighted by Crippen LogP contribution is 2.18. The molecule has 0 bridgehead atoms. The van der Waals surface area contributed by atoms with E-state index in [0.29, 0.717) is 17.0 Å². The fourth-order valence-electron chi connectivity index (χ4n) is 2.48. The number of amides is 1. The van der Waals surface area contributed by atoms with Crippen LogP contribution in [-0.4, -0.2) is 34.1 Å². The Labute approximate surface area is 139 Å². The van der Waals surface area contributed by atoms with Gasteiger partial charge in [-0.05, 0) is 29.8 Å². The number of hydrogen-bond donors (Lipinski definition) is 2. The lowest BCUT2D eigenvalue weighted by molar-refractivity contribution is -0.120. The van der Waals surface area contributed by atoms with Gasteiger partial charge in [0.05, 0.1) is 25.3 Å². The number of hydrogen-bond acceptors (Lipinski definition) is 4. The molecule has 2 heterocycles. The number of carbonyl (C=O) groups is 1. The Morgan fingerprint density at radius 2 is 2.21 bits per heavy atom. The maximum Gasteiger partial charge on any atom is 0.226 e. The molecule has 6 nitrogen and oxygen atoms in total. The van der Waals surface area contributed by atoms with Crippen molar-refractivity contribution < 1.29 is 14.6 Å². The predicted molar refractivity (Wildman–Crippen MR) is 89.9 cm³/mol. The molecule has 1 amide bonds. The third-order valence-corrected chi connectivity index (χ3v) is 3.73. The van der Waals surface area contributed by atoms with Crippen molar-refractivity contribution >= 4 is 11.6 Å². The Kier molecular flexibility index (Phi) is 4.77. The van der Waals surface area contributed by atoms with Crippen molar-refractivity contribution in [3.63, 3.8) is 0 Å². The normalized spacial score (nSPS) is 12.1. The van der Waals surface area contributed by atoms with Crippen molar-refractivity contribution in [3.05, 3.63) is 66.1 Å². The number of benzene rings is 1. The van der Waals surface area contributed by atoms with Crippen LogP contribution in [0, 0.1) is 0 Å². The number of carbonyl (C=O) groups excluding carboxylic acids is 1. The summed E-state index contributed by atoms with van der Waals surface area (Å²) in [6.45, 7) is 0.138. The third kappa shape index (κ3) is 3.72. The lowest BCUT2D eigenvalue weighted by Gasteiger charge is -2.13. The first-order valence-corrected chi connectivity index (χ1v) is 7.67. The zero-order valence-corrected chi connectivity index (χ0v) is 13.3. The Hall–Kier alpha value is -2.86. The van der Waals surface area contributed by atoms with Crippen LogP contribution in [0.5, 0.6) is 5.75 Å². The fourth-order valence-corrected chi connectivity index (χ4v) is 2.48. The number of nitrogens with one attached hydrogen (secondary N) is 1. The summed E-state index contributed by atoms with van der Waals surface area (Å²) in [5.41, 5.74) is 2.19. The van der Waals surface area contributed by atoms with Crippen LogP contribution in [0.25, 0.3) is 5.65 Å².